The number of phenols is 1. The van der Waals surface area contributed by atoms with Crippen molar-refractivity contribution in [3.8, 4) is 11.5 Å². The molecule has 0 saturated carbocycles. The number of hydrogen-bond donors (Lipinski definition) is 2. The van der Waals surface area contributed by atoms with Crippen LogP contribution in [0, 0.1) is 0 Å². The Morgan fingerprint density at radius 2 is 1.38 bits per heavy atom. The normalized spacial score (nSPS) is 11.1. The van der Waals surface area contributed by atoms with Gasteiger partial charge in [0.05, 0.1) is 11.4 Å². The van der Waals surface area contributed by atoms with Crippen LogP contribution in [0.25, 0.3) is 10.8 Å². The van der Waals surface area contributed by atoms with Gasteiger partial charge in [0, 0.05) is 17.3 Å². The Morgan fingerprint density at radius 3 is 1.94 bits per heavy atom. The smallest absolute Gasteiger partial charge is 0.255 e. The monoisotopic (exact) mass is 489 g/mol. The van der Waals surface area contributed by atoms with Crippen LogP contribution in [0.15, 0.2) is 30.3 Å². The number of alkyl halides is 1. The largest absolute Gasteiger partial charge is 0.506 e. The van der Waals surface area contributed by atoms with Gasteiger partial charge in [-0.15, -0.1) is 11.6 Å². The van der Waals surface area contributed by atoms with Crippen molar-refractivity contribution >= 4 is 28.3 Å². The number of unbranched alkanes of at least 4 members (excludes halogenated alkanes) is 13. The zero-order chi connectivity index (χ0) is 24.4. The zero-order valence-electron chi connectivity index (χ0n) is 21.0. The van der Waals surface area contributed by atoms with E-state index in [9.17, 15) is 9.90 Å². The van der Waals surface area contributed by atoms with Gasteiger partial charge in [-0.25, -0.2) is 0 Å². The lowest BCUT2D eigenvalue weighted by atomic mass is 10.0. The minimum Gasteiger partial charge on any atom is -0.506 e. The summed E-state index contributed by atoms with van der Waals surface area (Å²) in [5.41, 5.74) is 0.244. The molecule has 34 heavy (non-hydrogen) atoms. The third-order valence-corrected chi connectivity index (χ3v) is 6.53. The van der Waals surface area contributed by atoms with Crippen molar-refractivity contribution in [1.29, 1.82) is 0 Å². The summed E-state index contributed by atoms with van der Waals surface area (Å²) in [6.45, 7) is 3.22. The van der Waals surface area contributed by atoms with E-state index in [-0.39, 0.29) is 17.2 Å². The number of phenolic OH excluding ortho intramolecular Hbond substituents is 1. The maximum atomic E-state index is 12.7. The number of halogens is 1. The Labute approximate surface area is 211 Å². The van der Waals surface area contributed by atoms with Crippen LogP contribution < -0.4 is 10.1 Å². The van der Waals surface area contributed by atoms with Gasteiger partial charge < -0.3 is 15.2 Å². The predicted molar refractivity (Wildman–Crippen MR) is 144 cm³/mol. The predicted octanol–water partition coefficient (Wildman–Crippen LogP) is 8.37. The van der Waals surface area contributed by atoms with Crippen LogP contribution in [0.1, 0.15) is 107 Å². The third kappa shape index (κ3) is 10.1. The second-order valence-corrected chi connectivity index (χ2v) is 9.58. The van der Waals surface area contributed by atoms with Crippen LogP contribution in [0.3, 0.4) is 0 Å². The Bertz CT molecular complexity index is 839. The van der Waals surface area contributed by atoms with E-state index >= 15 is 0 Å². The second kappa shape index (κ2) is 17.5. The molecule has 190 valence electrons. The topological polar surface area (TPSA) is 58.6 Å². The summed E-state index contributed by atoms with van der Waals surface area (Å²) in [6, 6.07) is 9.00. The lowest BCUT2D eigenvalue weighted by molar-refractivity contribution is 0.0950. The molecular weight excluding hydrogens is 446 g/mol. The van der Waals surface area contributed by atoms with Gasteiger partial charge in [0.2, 0.25) is 0 Å². The number of carbonyl (C=O) groups is 1. The number of fused-ring (bicyclic) bond motifs is 1. The van der Waals surface area contributed by atoms with Gasteiger partial charge >= 0.3 is 0 Å². The molecule has 0 saturated heterocycles. The SMILES string of the molecule is CCCCCCCCCCCCCCCCNC(=O)c1cc(OCCCl)c2ccccc2c1O. The molecule has 0 bridgehead atoms. The summed E-state index contributed by atoms with van der Waals surface area (Å²) in [7, 11) is 0. The molecule has 4 nitrogen and oxygen atoms in total. The van der Waals surface area contributed by atoms with Gasteiger partial charge in [0.25, 0.3) is 5.91 Å². The number of benzene rings is 2. The van der Waals surface area contributed by atoms with E-state index in [1.807, 2.05) is 18.2 Å². The quantitative estimate of drug-likeness (QED) is 0.154. The molecule has 0 unspecified atom stereocenters. The molecule has 0 fully saturated rings. The Hall–Kier alpha value is -1.94. The first-order chi connectivity index (χ1) is 16.7. The highest BCUT2D eigenvalue weighted by Gasteiger charge is 2.17. The van der Waals surface area contributed by atoms with Crippen LogP contribution in [0.4, 0.5) is 0 Å². The molecule has 0 aliphatic heterocycles. The zero-order valence-corrected chi connectivity index (χ0v) is 21.8. The molecule has 0 spiro atoms. The first-order valence-corrected chi connectivity index (χ1v) is 13.9. The molecule has 2 aromatic rings. The van der Waals surface area contributed by atoms with Crippen molar-refractivity contribution in [2.24, 2.45) is 0 Å². The maximum Gasteiger partial charge on any atom is 0.255 e. The van der Waals surface area contributed by atoms with E-state index < -0.39 is 0 Å². The fourth-order valence-corrected chi connectivity index (χ4v) is 4.46. The highest BCUT2D eigenvalue weighted by atomic mass is 35.5. The summed E-state index contributed by atoms with van der Waals surface area (Å²) in [5.74, 6) is 0.646. The van der Waals surface area contributed by atoms with Crippen molar-refractivity contribution in [3.05, 3.63) is 35.9 Å². The van der Waals surface area contributed by atoms with Gasteiger partial charge in [0.15, 0.2) is 0 Å². The molecule has 1 amide bonds. The number of nitrogens with one attached hydrogen (secondary N) is 1. The first kappa shape index (κ1) is 28.3. The van der Waals surface area contributed by atoms with Gasteiger partial charge in [-0.2, -0.15) is 0 Å². The average Bonchev–Trinajstić information content (AvgIpc) is 2.86. The highest BCUT2D eigenvalue weighted by Crippen LogP contribution is 2.36. The molecule has 2 aromatic carbocycles. The number of aromatic hydroxyl groups is 1. The number of hydrogen-bond acceptors (Lipinski definition) is 3. The molecule has 0 heterocycles. The molecule has 0 atom stereocenters. The molecule has 0 aliphatic rings. The molecule has 2 N–H and O–H groups in total. The molecule has 0 aliphatic carbocycles. The number of ether oxygens (including phenoxy) is 1. The summed E-state index contributed by atoms with van der Waals surface area (Å²) >= 11 is 5.76. The van der Waals surface area contributed by atoms with Gasteiger partial charge in [0.1, 0.15) is 18.1 Å². The summed E-state index contributed by atoms with van der Waals surface area (Å²) in [4.78, 5) is 12.7. The van der Waals surface area contributed by atoms with E-state index in [1.165, 1.54) is 77.0 Å². The van der Waals surface area contributed by atoms with Crippen LogP contribution >= 0.6 is 11.6 Å². The molecule has 5 heteroatoms. The fraction of sp³-hybridized carbons (Fsp3) is 0.621. The van der Waals surface area contributed by atoms with Crippen LogP contribution in [-0.2, 0) is 0 Å². The minimum absolute atomic E-state index is 0.00715. The highest BCUT2D eigenvalue weighted by molar-refractivity contribution is 6.18. The summed E-state index contributed by atoms with van der Waals surface area (Å²) in [5, 5.41) is 15.0. The van der Waals surface area contributed by atoms with E-state index in [4.69, 9.17) is 16.3 Å². The molecule has 0 aromatic heterocycles. The van der Waals surface area contributed by atoms with Crippen molar-refractivity contribution < 1.29 is 14.6 Å². The van der Waals surface area contributed by atoms with Crippen molar-refractivity contribution in [3.63, 3.8) is 0 Å². The van der Waals surface area contributed by atoms with E-state index in [2.05, 4.69) is 12.2 Å². The van der Waals surface area contributed by atoms with Crippen molar-refractivity contribution in [2.45, 2.75) is 96.8 Å². The van der Waals surface area contributed by atoms with E-state index in [1.54, 1.807) is 12.1 Å². The molecule has 0 radical (unpaired) electrons. The Kier molecular flexibility index (Phi) is 14.6. The Balaban J connectivity index is 1.61. The fourth-order valence-electron chi connectivity index (χ4n) is 4.38. The van der Waals surface area contributed by atoms with Crippen LogP contribution in [0.5, 0.6) is 11.5 Å². The number of amides is 1. The van der Waals surface area contributed by atoms with Gasteiger partial charge in [-0.3, -0.25) is 4.79 Å². The minimum atomic E-state index is -0.270. The second-order valence-electron chi connectivity index (χ2n) is 9.21. The number of rotatable bonds is 19. The summed E-state index contributed by atoms with van der Waals surface area (Å²) < 4.78 is 5.72. The third-order valence-electron chi connectivity index (χ3n) is 6.37. The van der Waals surface area contributed by atoms with Crippen molar-refractivity contribution in [2.75, 3.05) is 19.0 Å². The van der Waals surface area contributed by atoms with Gasteiger partial charge in [-0.1, -0.05) is 115 Å². The maximum absolute atomic E-state index is 12.7. The summed E-state index contributed by atoms with van der Waals surface area (Å²) in [6.07, 6.45) is 18.3. The van der Waals surface area contributed by atoms with E-state index in [0.717, 1.165) is 18.2 Å². The van der Waals surface area contributed by atoms with E-state index in [0.29, 0.717) is 30.2 Å². The standard InChI is InChI=1S/C29H44ClNO3/c1-2-3-4-5-6-7-8-9-10-11-12-13-14-17-21-31-29(33)26-23-27(34-22-20-30)24-18-15-16-19-25(24)28(26)32/h15-16,18-19,23,32H,2-14,17,20-22H2,1H3,(H,31,33). The van der Waals surface area contributed by atoms with Crippen molar-refractivity contribution in [1.82, 2.24) is 5.32 Å². The average molecular weight is 490 g/mol. The van der Waals surface area contributed by atoms with Crippen LogP contribution in [0.2, 0.25) is 0 Å². The molecular formula is C29H44ClNO3. The molecule has 2 rings (SSSR count). The van der Waals surface area contributed by atoms with Gasteiger partial charge in [-0.05, 0) is 12.5 Å². The van der Waals surface area contributed by atoms with Crippen LogP contribution in [-0.4, -0.2) is 30.0 Å². The lowest BCUT2D eigenvalue weighted by Crippen LogP contribution is -2.24. The Morgan fingerprint density at radius 1 is 0.853 bits per heavy atom. The first-order valence-electron chi connectivity index (χ1n) is 13.4. The lowest BCUT2D eigenvalue weighted by Gasteiger charge is -2.14. The number of carbonyl (C=O) groups excluding carboxylic acids is 1.